The number of halogens is 3. The molecule has 0 spiro atoms. The van der Waals surface area contributed by atoms with Crippen LogP contribution >= 0.6 is 0 Å². The molecule has 6 nitrogen and oxygen atoms in total. The first-order valence-electron chi connectivity index (χ1n) is 6.66. The summed E-state index contributed by atoms with van der Waals surface area (Å²) >= 11 is 0. The van der Waals surface area contributed by atoms with Gasteiger partial charge in [0.2, 0.25) is 0 Å². The number of carbonyl (C=O) groups excluding carboxylic acids is 1. The van der Waals surface area contributed by atoms with Gasteiger partial charge in [0.05, 0.1) is 11.1 Å². The van der Waals surface area contributed by atoms with Gasteiger partial charge in [-0.1, -0.05) is 6.07 Å². The molecule has 0 atom stereocenters. The van der Waals surface area contributed by atoms with Crippen molar-refractivity contribution in [3.8, 4) is 0 Å². The van der Waals surface area contributed by atoms with Crippen LogP contribution in [0.5, 0.6) is 0 Å². The molecular formula is C15H12F3N3O3. The summed E-state index contributed by atoms with van der Waals surface area (Å²) in [6.45, 7) is -0.587. The van der Waals surface area contributed by atoms with Crippen molar-refractivity contribution in [2.45, 2.75) is 6.18 Å². The number of anilines is 2. The first-order valence-corrected chi connectivity index (χ1v) is 6.66. The van der Waals surface area contributed by atoms with Crippen LogP contribution in [0.25, 0.3) is 0 Å². The minimum absolute atomic E-state index is 0.0103. The Morgan fingerprint density at radius 1 is 1.17 bits per heavy atom. The largest absolute Gasteiger partial charge is 0.480 e. The lowest BCUT2D eigenvalue weighted by atomic mass is 10.2. The second-order valence-electron chi connectivity index (χ2n) is 4.68. The zero-order chi connectivity index (χ0) is 17.7. The standard InChI is InChI=1S/C15H12F3N3O3/c16-15(17,18)9-3-1-4-10(7-9)21-13-11(5-2-6-19-13)14(24)20-8-12(22)23/h1-7H,8H2,(H,19,21)(H,20,24)(H,22,23). The number of alkyl halides is 3. The van der Waals surface area contributed by atoms with Gasteiger partial charge in [0.1, 0.15) is 12.4 Å². The smallest absolute Gasteiger partial charge is 0.416 e. The van der Waals surface area contributed by atoms with Crippen LogP contribution in [0.4, 0.5) is 24.7 Å². The normalized spacial score (nSPS) is 11.0. The maximum atomic E-state index is 12.7. The summed E-state index contributed by atoms with van der Waals surface area (Å²) in [5.74, 6) is -1.92. The highest BCUT2D eigenvalue weighted by Crippen LogP contribution is 2.31. The van der Waals surface area contributed by atoms with Crippen LogP contribution in [0.1, 0.15) is 15.9 Å². The van der Waals surface area contributed by atoms with E-state index in [9.17, 15) is 22.8 Å². The number of carboxylic acid groups (broad SMARTS) is 1. The summed E-state index contributed by atoms with van der Waals surface area (Å²) in [7, 11) is 0. The topological polar surface area (TPSA) is 91.3 Å². The maximum absolute atomic E-state index is 12.7. The highest BCUT2D eigenvalue weighted by Gasteiger charge is 2.30. The van der Waals surface area contributed by atoms with Crippen molar-refractivity contribution in [2.75, 3.05) is 11.9 Å². The van der Waals surface area contributed by atoms with Gasteiger partial charge in [-0.25, -0.2) is 4.98 Å². The Balaban J connectivity index is 2.25. The van der Waals surface area contributed by atoms with Crippen LogP contribution in [0.15, 0.2) is 42.6 Å². The molecule has 1 amide bonds. The predicted octanol–water partition coefficient (Wildman–Crippen LogP) is 2.66. The summed E-state index contributed by atoms with van der Waals surface area (Å²) in [4.78, 5) is 26.4. The summed E-state index contributed by atoms with van der Waals surface area (Å²) in [5.41, 5.74) is -0.743. The third kappa shape index (κ3) is 4.45. The molecule has 1 aromatic carbocycles. The average molecular weight is 339 g/mol. The molecule has 0 unspecified atom stereocenters. The number of pyridine rings is 1. The molecule has 0 bridgehead atoms. The fourth-order valence-corrected chi connectivity index (χ4v) is 1.85. The van der Waals surface area contributed by atoms with E-state index < -0.39 is 30.2 Å². The lowest BCUT2D eigenvalue weighted by molar-refractivity contribution is -0.137. The van der Waals surface area contributed by atoms with E-state index >= 15 is 0 Å². The van der Waals surface area contributed by atoms with Crippen molar-refractivity contribution >= 4 is 23.4 Å². The molecule has 0 saturated carbocycles. The lowest BCUT2D eigenvalue weighted by Crippen LogP contribution is -2.29. The van der Waals surface area contributed by atoms with Gasteiger partial charge in [-0.2, -0.15) is 13.2 Å². The highest BCUT2D eigenvalue weighted by molar-refractivity contribution is 6.00. The minimum Gasteiger partial charge on any atom is -0.480 e. The van der Waals surface area contributed by atoms with Crippen LogP contribution in [-0.2, 0) is 11.0 Å². The second kappa shape index (κ2) is 6.99. The van der Waals surface area contributed by atoms with Gasteiger partial charge in [-0.15, -0.1) is 0 Å². The Morgan fingerprint density at radius 2 is 1.92 bits per heavy atom. The van der Waals surface area contributed by atoms with E-state index in [4.69, 9.17) is 5.11 Å². The Labute approximate surface area is 134 Å². The molecule has 0 saturated heterocycles. The Morgan fingerprint density at radius 3 is 2.58 bits per heavy atom. The molecule has 1 heterocycles. The number of benzene rings is 1. The van der Waals surface area contributed by atoms with Gasteiger partial charge in [0.25, 0.3) is 5.91 Å². The molecule has 1 aromatic heterocycles. The molecule has 0 aliphatic heterocycles. The minimum atomic E-state index is -4.50. The number of aromatic nitrogens is 1. The fourth-order valence-electron chi connectivity index (χ4n) is 1.85. The summed E-state index contributed by atoms with van der Waals surface area (Å²) in [5, 5.41) is 13.4. The first kappa shape index (κ1) is 17.3. The Kier molecular flexibility index (Phi) is 5.02. The van der Waals surface area contributed by atoms with E-state index in [-0.39, 0.29) is 17.1 Å². The monoisotopic (exact) mass is 339 g/mol. The number of hydrogen-bond acceptors (Lipinski definition) is 4. The fraction of sp³-hybridized carbons (Fsp3) is 0.133. The molecule has 126 valence electrons. The number of hydrogen-bond donors (Lipinski definition) is 3. The molecule has 0 aliphatic rings. The molecule has 0 radical (unpaired) electrons. The predicted molar refractivity (Wildman–Crippen MR) is 78.9 cm³/mol. The molecule has 3 N–H and O–H groups in total. The van der Waals surface area contributed by atoms with Crippen molar-refractivity contribution in [3.63, 3.8) is 0 Å². The van der Waals surface area contributed by atoms with Crippen molar-refractivity contribution in [1.29, 1.82) is 0 Å². The number of aliphatic carboxylic acids is 1. The van der Waals surface area contributed by atoms with Gasteiger partial charge in [-0.3, -0.25) is 9.59 Å². The van der Waals surface area contributed by atoms with E-state index in [1.807, 2.05) is 0 Å². The lowest BCUT2D eigenvalue weighted by Gasteiger charge is -2.12. The van der Waals surface area contributed by atoms with Crippen LogP contribution in [-0.4, -0.2) is 28.5 Å². The number of carbonyl (C=O) groups is 2. The molecule has 2 aromatic rings. The van der Waals surface area contributed by atoms with E-state index in [1.165, 1.54) is 30.5 Å². The van der Waals surface area contributed by atoms with Crippen molar-refractivity contribution in [1.82, 2.24) is 10.3 Å². The summed E-state index contributed by atoms with van der Waals surface area (Å²) < 4.78 is 38.2. The molecule has 0 aliphatic carbocycles. The summed E-state index contributed by atoms with van der Waals surface area (Å²) in [6.07, 6.45) is -3.15. The van der Waals surface area contributed by atoms with Crippen LogP contribution < -0.4 is 10.6 Å². The molecular weight excluding hydrogens is 327 g/mol. The zero-order valence-electron chi connectivity index (χ0n) is 12.1. The third-order valence-corrected chi connectivity index (χ3v) is 2.91. The number of nitrogens with one attached hydrogen (secondary N) is 2. The van der Waals surface area contributed by atoms with Crippen molar-refractivity contribution < 1.29 is 27.9 Å². The van der Waals surface area contributed by atoms with E-state index in [0.29, 0.717) is 0 Å². The van der Waals surface area contributed by atoms with Crippen LogP contribution in [0.3, 0.4) is 0 Å². The van der Waals surface area contributed by atoms with Gasteiger partial charge in [0, 0.05) is 11.9 Å². The molecule has 24 heavy (non-hydrogen) atoms. The molecule has 9 heteroatoms. The van der Waals surface area contributed by atoms with E-state index in [0.717, 1.165) is 12.1 Å². The average Bonchev–Trinajstić information content (AvgIpc) is 2.52. The van der Waals surface area contributed by atoms with Gasteiger partial charge < -0.3 is 15.7 Å². The molecule has 2 rings (SSSR count). The SMILES string of the molecule is O=C(O)CNC(=O)c1cccnc1Nc1cccc(C(F)(F)F)c1. The number of amides is 1. The van der Waals surface area contributed by atoms with E-state index in [2.05, 4.69) is 15.6 Å². The van der Waals surface area contributed by atoms with Gasteiger partial charge >= 0.3 is 12.1 Å². The zero-order valence-corrected chi connectivity index (χ0v) is 12.1. The number of rotatable bonds is 5. The van der Waals surface area contributed by atoms with Crippen molar-refractivity contribution in [2.24, 2.45) is 0 Å². The Bertz CT molecular complexity index is 763. The molecule has 0 fully saturated rings. The summed E-state index contributed by atoms with van der Waals surface area (Å²) in [6, 6.07) is 7.24. The van der Waals surface area contributed by atoms with Crippen LogP contribution in [0, 0.1) is 0 Å². The van der Waals surface area contributed by atoms with Gasteiger partial charge in [-0.05, 0) is 30.3 Å². The third-order valence-electron chi connectivity index (χ3n) is 2.91. The number of carboxylic acids is 1. The Hall–Kier alpha value is -3.10. The second-order valence-corrected chi connectivity index (χ2v) is 4.68. The maximum Gasteiger partial charge on any atom is 0.416 e. The highest BCUT2D eigenvalue weighted by atomic mass is 19.4. The van der Waals surface area contributed by atoms with Crippen LogP contribution in [0.2, 0.25) is 0 Å². The van der Waals surface area contributed by atoms with E-state index in [1.54, 1.807) is 0 Å². The quantitative estimate of drug-likeness (QED) is 0.779. The first-order chi connectivity index (χ1) is 11.3. The number of nitrogens with zero attached hydrogens (tertiary/aromatic N) is 1. The van der Waals surface area contributed by atoms with Crippen molar-refractivity contribution in [3.05, 3.63) is 53.7 Å². The van der Waals surface area contributed by atoms with Gasteiger partial charge in [0.15, 0.2) is 0 Å².